The number of hydrogen-bond acceptors (Lipinski definition) is 4. The third-order valence-corrected chi connectivity index (χ3v) is 4.20. The number of aromatic nitrogens is 1. The Morgan fingerprint density at radius 1 is 1.39 bits per heavy atom. The third-order valence-electron chi connectivity index (χ3n) is 3.16. The minimum atomic E-state index is -0.873. The van der Waals surface area contributed by atoms with Gasteiger partial charge in [0, 0.05) is 36.5 Å². The Hall–Kier alpha value is -0.660. The van der Waals surface area contributed by atoms with Gasteiger partial charge >= 0.3 is 0 Å². The lowest BCUT2D eigenvalue weighted by atomic mass is 9.95. The first-order valence-corrected chi connectivity index (χ1v) is 6.99. The molecule has 1 aromatic rings. The molecule has 2 rings (SSSR count). The van der Waals surface area contributed by atoms with Crippen molar-refractivity contribution < 1.29 is 5.11 Å². The molecule has 2 heterocycles. The molecule has 0 aromatic carbocycles. The van der Waals surface area contributed by atoms with Crippen molar-refractivity contribution in [1.82, 2.24) is 8.21 Å². The van der Waals surface area contributed by atoms with Gasteiger partial charge in [-0.2, -0.15) is 3.22 Å². The monoisotopic (exact) mass is 359 g/mol. The molecule has 1 N–H and O–H groups in total. The van der Waals surface area contributed by atoms with E-state index in [0.717, 1.165) is 24.5 Å². The third kappa shape index (κ3) is 3.02. The fourth-order valence-electron chi connectivity index (χ4n) is 1.91. The lowest BCUT2D eigenvalue weighted by Crippen LogP contribution is -2.33. The Morgan fingerprint density at radius 2 is 2.17 bits per heavy atom. The number of nitrogens with zero attached hydrogens (tertiary/aromatic N) is 3. The molecule has 1 aliphatic rings. The maximum atomic E-state index is 10.5. The maximum Gasteiger partial charge on any atom is 0.143 e. The molecule has 1 aromatic heterocycles. The minimum absolute atomic E-state index is 0.685. The van der Waals surface area contributed by atoms with Crippen LogP contribution in [0, 0.1) is 0 Å². The van der Waals surface area contributed by atoms with Crippen LogP contribution in [0.1, 0.15) is 25.5 Å². The van der Waals surface area contributed by atoms with Gasteiger partial charge in [0.15, 0.2) is 0 Å². The van der Waals surface area contributed by atoms with Crippen LogP contribution in [0.5, 0.6) is 0 Å². The molecule has 0 spiro atoms. The number of pyridine rings is 1. The highest BCUT2D eigenvalue weighted by Crippen LogP contribution is 2.27. The van der Waals surface area contributed by atoms with E-state index in [1.54, 1.807) is 0 Å². The van der Waals surface area contributed by atoms with E-state index in [1.165, 1.54) is 0 Å². The van der Waals surface area contributed by atoms with E-state index < -0.39 is 5.60 Å². The Bertz CT molecular complexity index is 448. The number of hydrazine groups is 1. The van der Waals surface area contributed by atoms with Gasteiger partial charge in [0.1, 0.15) is 11.4 Å². The topological polar surface area (TPSA) is 39.6 Å². The van der Waals surface area contributed by atoms with Gasteiger partial charge < -0.3 is 5.11 Å². The molecule has 0 amide bonds. The van der Waals surface area contributed by atoms with Gasteiger partial charge in [-0.3, -0.25) is 5.01 Å². The molecule has 0 saturated heterocycles. The molecule has 1 atom stereocenters. The van der Waals surface area contributed by atoms with Crippen LogP contribution >= 0.6 is 22.9 Å². The van der Waals surface area contributed by atoms with Gasteiger partial charge in [0.05, 0.1) is 5.69 Å². The Morgan fingerprint density at radius 3 is 2.94 bits per heavy atom. The second kappa shape index (κ2) is 5.54. The first-order valence-electron chi connectivity index (χ1n) is 6.02. The first kappa shape index (κ1) is 13.8. The normalized spacial score (nSPS) is 27.7. The average molecular weight is 359 g/mol. The number of hydrogen-bond donors (Lipinski definition) is 1. The summed E-state index contributed by atoms with van der Waals surface area (Å²) in [5, 5.41) is 12.5. The van der Waals surface area contributed by atoms with E-state index in [9.17, 15) is 5.11 Å². The van der Waals surface area contributed by atoms with Crippen molar-refractivity contribution in [2.45, 2.75) is 25.4 Å². The predicted octanol–water partition coefficient (Wildman–Crippen LogP) is 2.64. The van der Waals surface area contributed by atoms with E-state index in [2.05, 4.69) is 43.2 Å². The van der Waals surface area contributed by atoms with Gasteiger partial charge in [-0.25, -0.2) is 4.98 Å². The van der Waals surface area contributed by atoms with E-state index in [4.69, 9.17) is 0 Å². The van der Waals surface area contributed by atoms with E-state index in [-0.39, 0.29) is 0 Å². The van der Waals surface area contributed by atoms with Crippen LogP contribution in [0.2, 0.25) is 0 Å². The van der Waals surface area contributed by atoms with Crippen molar-refractivity contribution >= 4 is 28.7 Å². The van der Waals surface area contributed by atoms with Gasteiger partial charge in [-0.15, -0.1) is 0 Å². The highest BCUT2D eigenvalue weighted by Gasteiger charge is 2.25. The van der Waals surface area contributed by atoms with Crippen LogP contribution in [0.25, 0.3) is 0 Å². The summed E-state index contributed by atoms with van der Waals surface area (Å²) >= 11 is 2.26. The van der Waals surface area contributed by atoms with E-state index in [0.29, 0.717) is 6.42 Å². The van der Waals surface area contributed by atoms with Crippen molar-refractivity contribution in [3.63, 3.8) is 0 Å². The van der Waals surface area contributed by atoms with Crippen molar-refractivity contribution in [3.8, 4) is 0 Å². The molecular formula is C13H18IN3O. The van der Waals surface area contributed by atoms with Crippen molar-refractivity contribution in [2.24, 2.45) is 0 Å². The van der Waals surface area contributed by atoms with Crippen LogP contribution in [-0.4, -0.2) is 26.9 Å². The Balaban J connectivity index is 2.41. The molecule has 18 heavy (non-hydrogen) atoms. The summed E-state index contributed by atoms with van der Waals surface area (Å²) in [7, 11) is 1.97. The summed E-state index contributed by atoms with van der Waals surface area (Å²) < 4.78 is 2.06. The largest absolute Gasteiger partial charge is 0.384 e. The van der Waals surface area contributed by atoms with E-state index >= 15 is 0 Å². The zero-order valence-corrected chi connectivity index (χ0v) is 12.8. The summed E-state index contributed by atoms with van der Waals surface area (Å²) in [6.45, 7) is 2.65. The SMILES string of the molecule is CN1c2cccc(n2)C(C)(O)CC/C=C\CN1I. The second-order valence-corrected chi connectivity index (χ2v) is 5.82. The number of aliphatic hydroxyl groups is 1. The quantitative estimate of drug-likeness (QED) is 0.439. The lowest BCUT2D eigenvalue weighted by molar-refractivity contribution is 0.0444. The number of allylic oxidation sites excluding steroid dienone is 1. The molecule has 5 heteroatoms. The van der Waals surface area contributed by atoms with Crippen LogP contribution in [0.3, 0.4) is 0 Å². The highest BCUT2D eigenvalue weighted by atomic mass is 127. The van der Waals surface area contributed by atoms with E-state index in [1.807, 2.05) is 37.2 Å². The van der Waals surface area contributed by atoms with Gasteiger partial charge in [0.2, 0.25) is 0 Å². The molecule has 1 aliphatic heterocycles. The molecule has 0 fully saturated rings. The molecule has 0 aliphatic carbocycles. The summed E-state index contributed by atoms with van der Waals surface area (Å²) in [6, 6.07) is 5.78. The van der Waals surface area contributed by atoms with Crippen LogP contribution in [0.15, 0.2) is 30.4 Å². The van der Waals surface area contributed by atoms with Gasteiger partial charge in [-0.05, 0) is 31.9 Å². The predicted molar refractivity (Wildman–Crippen MR) is 81.3 cm³/mol. The second-order valence-electron chi connectivity index (χ2n) is 4.71. The number of anilines is 1. The molecule has 1 unspecified atom stereocenters. The molecular weight excluding hydrogens is 341 g/mol. The summed E-state index contributed by atoms with van der Waals surface area (Å²) in [6.07, 6.45) is 5.77. The van der Waals surface area contributed by atoms with Crippen LogP contribution in [-0.2, 0) is 5.60 Å². The maximum absolute atomic E-state index is 10.5. The highest BCUT2D eigenvalue weighted by molar-refractivity contribution is 14.1. The first-order chi connectivity index (χ1) is 8.50. The Labute approximate surface area is 122 Å². The van der Waals surface area contributed by atoms with Crippen molar-refractivity contribution in [2.75, 3.05) is 18.6 Å². The number of halogens is 1. The fourth-order valence-corrected chi connectivity index (χ4v) is 2.36. The Kier molecular flexibility index (Phi) is 4.24. The summed E-state index contributed by atoms with van der Waals surface area (Å²) in [5.41, 5.74) is -0.145. The van der Waals surface area contributed by atoms with Gasteiger partial charge in [0.25, 0.3) is 0 Å². The summed E-state index contributed by atoms with van der Waals surface area (Å²) in [4.78, 5) is 4.56. The summed E-state index contributed by atoms with van der Waals surface area (Å²) in [5.74, 6) is 0.845. The smallest absolute Gasteiger partial charge is 0.143 e. The van der Waals surface area contributed by atoms with Crippen LogP contribution < -0.4 is 5.01 Å². The molecule has 2 bridgehead atoms. The average Bonchev–Trinajstić information content (AvgIpc) is 2.37. The molecule has 0 radical (unpaired) electrons. The molecule has 4 nitrogen and oxygen atoms in total. The van der Waals surface area contributed by atoms with Gasteiger partial charge in [-0.1, -0.05) is 18.2 Å². The number of fused-ring (bicyclic) bond motifs is 2. The zero-order chi connectivity index (χ0) is 13.2. The number of rotatable bonds is 0. The van der Waals surface area contributed by atoms with Crippen LogP contribution in [0.4, 0.5) is 5.82 Å². The zero-order valence-electron chi connectivity index (χ0n) is 10.7. The molecule has 98 valence electrons. The van der Waals surface area contributed by atoms with Crippen molar-refractivity contribution in [1.29, 1.82) is 0 Å². The molecule has 0 saturated carbocycles. The standard InChI is InChI=1S/C13H18IN3O/c1-13(18)9-4-3-5-10-17(14)16(2)12-8-6-7-11(13)15-12/h3,5-8,18H,4,9-10H2,1-2H3/b5-3-. The fraction of sp³-hybridized carbons (Fsp3) is 0.462. The van der Waals surface area contributed by atoms with Crippen molar-refractivity contribution in [3.05, 3.63) is 36.0 Å². The lowest BCUT2D eigenvalue weighted by Gasteiger charge is -2.27. The minimum Gasteiger partial charge on any atom is -0.384 e.